The van der Waals surface area contributed by atoms with Gasteiger partial charge in [0.1, 0.15) is 17.0 Å². The van der Waals surface area contributed by atoms with Gasteiger partial charge in [0.05, 0.1) is 25.0 Å². The predicted octanol–water partition coefficient (Wildman–Crippen LogP) is 3.38. The van der Waals surface area contributed by atoms with Gasteiger partial charge in [0.2, 0.25) is 0 Å². The van der Waals surface area contributed by atoms with E-state index in [9.17, 15) is 23.1 Å². The van der Waals surface area contributed by atoms with Gasteiger partial charge in [0.15, 0.2) is 16.1 Å². The molecule has 11 heteroatoms. The average Bonchev–Trinajstić information content (AvgIpc) is 3.48. The standard InChI is InChI=1S/C37H37N3O7S/c41-23-24-48(44,45)34-31(47-35(40-22-21-32(42)39-36(40)43)33(34)38-25-27-13-5-1-6-14-27)26-46-37(28-15-7-2-8-16-28,29-17-9-3-10-18-29)30-19-11-4-12-20-30/h1-22,31,33-35,38,41H,23-26H2,(H,39,42,43)/t31-,33-,34+,35-/m1/s1. The van der Waals surface area contributed by atoms with Gasteiger partial charge in [0, 0.05) is 18.8 Å². The normalized spacial score (nSPS) is 19.7. The van der Waals surface area contributed by atoms with Gasteiger partial charge in [-0.2, -0.15) is 0 Å². The monoisotopic (exact) mass is 667 g/mol. The zero-order valence-electron chi connectivity index (χ0n) is 26.1. The number of H-pyrrole nitrogens is 1. The topological polar surface area (TPSA) is 140 Å². The van der Waals surface area contributed by atoms with Gasteiger partial charge in [-0.3, -0.25) is 14.3 Å². The molecule has 48 heavy (non-hydrogen) atoms. The molecule has 1 aromatic heterocycles. The fourth-order valence-electron chi connectivity index (χ4n) is 6.48. The molecule has 0 amide bonds. The smallest absolute Gasteiger partial charge is 0.330 e. The van der Waals surface area contributed by atoms with Crippen molar-refractivity contribution in [2.45, 2.75) is 35.8 Å². The molecule has 2 heterocycles. The Hall–Kier alpha value is -4.65. The Labute approximate surface area is 278 Å². The summed E-state index contributed by atoms with van der Waals surface area (Å²) in [6.45, 7) is -0.528. The molecule has 1 fully saturated rings. The Balaban J connectivity index is 1.46. The van der Waals surface area contributed by atoms with E-state index >= 15 is 0 Å². The van der Waals surface area contributed by atoms with E-state index in [0.29, 0.717) is 0 Å². The summed E-state index contributed by atoms with van der Waals surface area (Å²) in [5, 5.41) is 11.9. The molecule has 6 rings (SSSR count). The maximum absolute atomic E-state index is 14.0. The van der Waals surface area contributed by atoms with E-state index < -0.39 is 62.7 Å². The van der Waals surface area contributed by atoms with Crippen LogP contribution in [0.15, 0.2) is 143 Å². The molecular formula is C37H37N3O7S. The molecule has 248 valence electrons. The van der Waals surface area contributed by atoms with Crippen molar-refractivity contribution in [3.8, 4) is 0 Å². The van der Waals surface area contributed by atoms with E-state index in [-0.39, 0.29) is 13.2 Å². The van der Waals surface area contributed by atoms with Crippen LogP contribution in [0, 0.1) is 0 Å². The largest absolute Gasteiger partial charge is 0.395 e. The molecule has 10 nitrogen and oxygen atoms in total. The minimum absolute atomic E-state index is 0.202. The van der Waals surface area contributed by atoms with Gasteiger partial charge in [-0.15, -0.1) is 0 Å². The fraction of sp³-hybridized carbons (Fsp3) is 0.243. The van der Waals surface area contributed by atoms with Crippen LogP contribution in [0.5, 0.6) is 0 Å². The first kappa shape index (κ1) is 33.3. The zero-order chi connectivity index (χ0) is 33.6. The molecule has 4 atom stereocenters. The number of sulfone groups is 1. The lowest BCUT2D eigenvalue weighted by Gasteiger charge is -2.37. The first-order valence-corrected chi connectivity index (χ1v) is 17.4. The van der Waals surface area contributed by atoms with Crippen molar-refractivity contribution in [2.24, 2.45) is 0 Å². The third-order valence-electron chi connectivity index (χ3n) is 8.65. The maximum Gasteiger partial charge on any atom is 0.330 e. The van der Waals surface area contributed by atoms with E-state index in [1.165, 1.54) is 16.8 Å². The number of rotatable bonds is 13. The number of benzene rings is 4. The Morgan fingerprint density at radius 1 is 0.792 bits per heavy atom. The Kier molecular flexibility index (Phi) is 10.1. The van der Waals surface area contributed by atoms with Gasteiger partial charge >= 0.3 is 5.69 Å². The highest BCUT2D eigenvalue weighted by Crippen LogP contribution is 2.42. The van der Waals surface area contributed by atoms with Crippen molar-refractivity contribution in [1.29, 1.82) is 0 Å². The van der Waals surface area contributed by atoms with Crippen molar-refractivity contribution >= 4 is 9.84 Å². The summed E-state index contributed by atoms with van der Waals surface area (Å²) in [4.78, 5) is 27.3. The van der Waals surface area contributed by atoms with Gasteiger partial charge in [-0.25, -0.2) is 13.2 Å². The van der Waals surface area contributed by atoms with Crippen LogP contribution in [0.25, 0.3) is 0 Å². The van der Waals surface area contributed by atoms with Crippen molar-refractivity contribution in [3.63, 3.8) is 0 Å². The molecule has 0 bridgehead atoms. The van der Waals surface area contributed by atoms with Gasteiger partial charge < -0.3 is 19.9 Å². The molecule has 0 unspecified atom stereocenters. The van der Waals surface area contributed by atoms with Crippen LogP contribution in [0.4, 0.5) is 0 Å². The summed E-state index contributed by atoms with van der Waals surface area (Å²) in [5.74, 6) is -0.518. The Morgan fingerprint density at radius 2 is 1.31 bits per heavy atom. The number of nitrogens with zero attached hydrogens (tertiary/aromatic N) is 1. The number of ether oxygens (including phenoxy) is 2. The maximum atomic E-state index is 14.0. The first-order valence-electron chi connectivity index (χ1n) is 15.7. The van der Waals surface area contributed by atoms with E-state index in [0.717, 1.165) is 22.3 Å². The third kappa shape index (κ3) is 6.82. The Morgan fingerprint density at radius 3 is 1.81 bits per heavy atom. The minimum atomic E-state index is -4.04. The van der Waals surface area contributed by atoms with Crippen LogP contribution in [-0.2, 0) is 31.5 Å². The predicted molar refractivity (Wildman–Crippen MR) is 182 cm³/mol. The Bertz CT molecular complexity index is 1910. The van der Waals surface area contributed by atoms with Gasteiger partial charge in [-0.05, 0) is 22.3 Å². The number of hydrogen-bond donors (Lipinski definition) is 3. The molecule has 0 spiro atoms. The van der Waals surface area contributed by atoms with Crippen LogP contribution < -0.4 is 16.6 Å². The number of aromatic nitrogens is 2. The van der Waals surface area contributed by atoms with Gasteiger partial charge in [-0.1, -0.05) is 121 Å². The molecule has 0 radical (unpaired) electrons. The van der Waals surface area contributed by atoms with E-state index in [1.54, 1.807) is 0 Å². The lowest BCUT2D eigenvalue weighted by molar-refractivity contribution is -0.0789. The SMILES string of the molecule is O=c1ccn([C@@H]2O[C@H](COC(c3ccccc3)(c3ccccc3)c3ccccc3)[C@H](S(=O)(=O)CCO)[C@H]2NCc2ccccc2)c(=O)[nH]1. The van der Waals surface area contributed by atoms with Crippen LogP contribution in [0.1, 0.15) is 28.5 Å². The van der Waals surface area contributed by atoms with E-state index in [4.69, 9.17) is 9.47 Å². The molecule has 5 aromatic rings. The number of aliphatic hydroxyl groups is 1. The molecule has 0 aliphatic carbocycles. The summed E-state index contributed by atoms with van der Waals surface area (Å²) in [7, 11) is -4.04. The highest BCUT2D eigenvalue weighted by atomic mass is 32.2. The molecule has 4 aromatic carbocycles. The van der Waals surface area contributed by atoms with Crippen molar-refractivity contribution in [3.05, 3.63) is 177 Å². The van der Waals surface area contributed by atoms with Gasteiger partial charge in [0.25, 0.3) is 5.56 Å². The summed E-state index contributed by atoms with van der Waals surface area (Å²) in [6, 6.07) is 38.7. The highest BCUT2D eigenvalue weighted by molar-refractivity contribution is 7.92. The summed E-state index contributed by atoms with van der Waals surface area (Å²) < 4.78 is 42.8. The third-order valence-corrected chi connectivity index (χ3v) is 10.8. The molecule has 0 saturated carbocycles. The molecule has 1 saturated heterocycles. The first-order chi connectivity index (χ1) is 23.3. The summed E-state index contributed by atoms with van der Waals surface area (Å²) in [6.07, 6.45) is -0.927. The van der Waals surface area contributed by atoms with Crippen LogP contribution >= 0.6 is 0 Å². The van der Waals surface area contributed by atoms with E-state index in [2.05, 4.69) is 10.3 Å². The number of aliphatic hydroxyl groups excluding tert-OH is 1. The molecule has 1 aliphatic rings. The highest BCUT2D eigenvalue weighted by Gasteiger charge is 2.53. The molecular weight excluding hydrogens is 630 g/mol. The summed E-state index contributed by atoms with van der Waals surface area (Å²) >= 11 is 0. The second kappa shape index (κ2) is 14.6. The zero-order valence-corrected chi connectivity index (χ0v) is 26.9. The number of hydrogen-bond acceptors (Lipinski definition) is 8. The number of aromatic amines is 1. The van der Waals surface area contributed by atoms with Crippen molar-refractivity contribution in [2.75, 3.05) is 19.0 Å². The van der Waals surface area contributed by atoms with Crippen LogP contribution in [0.3, 0.4) is 0 Å². The minimum Gasteiger partial charge on any atom is -0.395 e. The average molecular weight is 668 g/mol. The quantitative estimate of drug-likeness (QED) is 0.163. The van der Waals surface area contributed by atoms with Crippen LogP contribution in [-0.4, -0.2) is 59.4 Å². The lowest BCUT2D eigenvalue weighted by atomic mass is 9.80. The summed E-state index contributed by atoms with van der Waals surface area (Å²) in [5.41, 5.74) is 0.848. The lowest BCUT2D eigenvalue weighted by Crippen LogP contribution is -2.50. The second-order valence-corrected chi connectivity index (χ2v) is 13.9. The number of nitrogens with one attached hydrogen (secondary N) is 2. The van der Waals surface area contributed by atoms with Crippen molar-refractivity contribution < 1.29 is 23.0 Å². The second-order valence-electron chi connectivity index (χ2n) is 11.6. The van der Waals surface area contributed by atoms with Crippen molar-refractivity contribution in [1.82, 2.24) is 14.9 Å². The molecule has 1 aliphatic heterocycles. The van der Waals surface area contributed by atoms with Crippen LogP contribution in [0.2, 0.25) is 0 Å². The van der Waals surface area contributed by atoms with E-state index in [1.807, 2.05) is 121 Å². The fourth-order valence-corrected chi connectivity index (χ4v) is 8.29. The molecule has 3 N–H and O–H groups in total.